The molecule has 0 aliphatic heterocycles. The van der Waals surface area contributed by atoms with Crippen LogP contribution in [0.3, 0.4) is 0 Å². The Morgan fingerprint density at radius 1 is 1.40 bits per heavy atom. The molecule has 1 aromatic rings. The number of anilines is 2. The van der Waals surface area contributed by atoms with E-state index in [9.17, 15) is 0 Å². The van der Waals surface area contributed by atoms with Crippen LogP contribution in [0.1, 0.15) is 6.42 Å². The van der Waals surface area contributed by atoms with E-state index >= 15 is 0 Å². The number of ether oxygens (including phenoxy) is 1. The fourth-order valence-electron chi connectivity index (χ4n) is 0.933. The summed E-state index contributed by atoms with van der Waals surface area (Å²) in [6.45, 7) is 5.62. The van der Waals surface area contributed by atoms with Gasteiger partial charge in [-0.3, -0.25) is 0 Å². The van der Waals surface area contributed by atoms with Crippen molar-refractivity contribution in [2.45, 2.75) is 6.42 Å². The van der Waals surface area contributed by atoms with Crippen molar-refractivity contribution >= 4 is 11.6 Å². The third kappa shape index (κ3) is 4.97. The largest absolute Gasteiger partial charge is 0.396 e. The number of hydrogen-bond acceptors (Lipinski definition) is 5. The summed E-state index contributed by atoms with van der Waals surface area (Å²) in [6.07, 6.45) is 5.83. The molecule has 0 aromatic carbocycles. The fourth-order valence-corrected chi connectivity index (χ4v) is 0.933. The normalized spacial score (nSPS) is 9.87. The third-order valence-electron chi connectivity index (χ3n) is 1.67. The summed E-state index contributed by atoms with van der Waals surface area (Å²) in [5.74, 6) is 0.566. The van der Waals surface area contributed by atoms with E-state index in [4.69, 9.17) is 10.5 Å². The lowest BCUT2D eigenvalue weighted by molar-refractivity contribution is 0.149. The molecule has 1 heterocycles. The summed E-state index contributed by atoms with van der Waals surface area (Å²) >= 11 is 0. The minimum Gasteiger partial charge on any atom is -0.396 e. The summed E-state index contributed by atoms with van der Waals surface area (Å²) in [4.78, 5) is 7.99. The molecule has 3 N–H and O–H groups in total. The zero-order valence-corrected chi connectivity index (χ0v) is 8.65. The van der Waals surface area contributed by atoms with Crippen LogP contribution in [-0.2, 0) is 4.74 Å². The topological polar surface area (TPSA) is 73.1 Å². The maximum Gasteiger partial charge on any atom is 0.222 e. The first-order valence-corrected chi connectivity index (χ1v) is 4.83. The molecule has 5 nitrogen and oxygen atoms in total. The van der Waals surface area contributed by atoms with E-state index in [2.05, 4.69) is 21.9 Å². The molecule has 1 rings (SSSR count). The first-order valence-electron chi connectivity index (χ1n) is 4.83. The van der Waals surface area contributed by atoms with E-state index in [-0.39, 0.29) is 0 Å². The standard InChI is InChI=1S/C10H16N4O/c1-2-3-5-15-6-4-12-10-13-7-9(11)8-14-10/h2,7-8H,1,3-6,11H2,(H,12,13,14). The molecule has 82 valence electrons. The average Bonchev–Trinajstić information content (AvgIpc) is 2.26. The van der Waals surface area contributed by atoms with Gasteiger partial charge in [-0.25, -0.2) is 9.97 Å². The Labute approximate surface area is 89.4 Å². The molecule has 0 saturated carbocycles. The van der Waals surface area contributed by atoms with Crippen LogP contribution in [0.4, 0.5) is 11.6 Å². The molecule has 0 unspecified atom stereocenters. The van der Waals surface area contributed by atoms with E-state index in [1.54, 1.807) is 12.4 Å². The van der Waals surface area contributed by atoms with E-state index in [0.717, 1.165) is 6.42 Å². The van der Waals surface area contributed by atoms with Gasteiger partial charge in [0.25, 0.3) is 0 Å². The van der Waals surface area contributed by atoms with Crippen LogP contribution in [0.2, 0.25) is 0 Å². The van der Waals surface area contributed by atoms with Crippen molar-refractivity contribution in [3.05, 3.63) is 25.0 Å². The maximum atomic E-state index is 5.45. The van der Waals surface area contributed by atoms with Gasteiger partial charge in [0.15, 0.2) is 0 Å². The first kappa shape index (κ1) is 11.5. The van der Waals surface area contributed by atoms with E-state index in [1.165, 1.54) is 0 Å². The van der Waals surface area contributed by atoms with Crippen molar-refractivity contribution in [2.24, 2.45) is 0 Å². The summed E-state index contributed by atoms with van der Waals surface area (Å²) in [6, 6.07) is 0. The van der Waals surface area contributed by atoms with Gasteiger partial charge in [-0.15, -0.1) is 6.58 Å². The quantitative estimate of drug-likeness (QED) is 0.518. The Balaban J connectivity index is 2.09. The lowest BCUT2D eigenvalue weighted by Crippen LogP contribution is -2.11. The monoisotopic (exact) mass is 208 g/mol. The summed E-state index contributed by atoms with van der Waals surface area (Å²) in [5.41, 5.74) is 6.01. The predicted octanol–water partition coefficient (Wildman–Crippen LogP) is 1.06. The Hall–Kier alpha value is -1.62. The Morgan fingerprint density at radius 3 is 2.80 bits per heavy atom. The lowest BCUT2D eigenvalue weighted by atomic mass is 10.4. The molecule has 0 spiro atoms. The van der Waals surface area contributed by atoms with Crippen molar-refractivity contribution in [1.82, 2.24) is 9.97 Å². The van der Waals surface area contributed by atoms with Crippen molar-refractivity contribution in [3.8, 4) is 0 Å². The molecule has 1 aromatic heterocycles. The Kier molecular flexibility index (Phi) is 5.18. The second-order valence-electron chi connectivity index (χ2n) is 2.96. The number of hydrogen-bond donors (Lipinski definition) is 2. The predicted molar refractivity (Wildman–Crippen MR) is 60.6 cm³/mol. The second kappa shape index (κ2) is 6.78. The molecular weight excluding hydrogens is 192 g/mol. The highest BCUT2D eigenvalue weighted by Gasteiger charge is 1.93. The smallest absolute Gasteiger partial charge is 0.222 e. The van der Waals surface area contributed by atoms with Crippen LogP contribution >= 0.6 is 0 Å². The van der Waals surface area contributed by atoms with Crippen LogP contribution in [0.25, 0.3) is 0 Å². The maximum absolute atomic E-state index is 5.45. The number of nitrogen functional groups attached to an aromatic ring is 1. The van der Waals surface area contributed by atoms with Gasteiger partial charge in [-0.05, 0) is 6.42 Å². The zero-order chi connectivity index (χ0) is 10.9. The summed E-state index contributed by atoms with van der Waals surface area (Å²) in [5, 5.41) is 3.02. The Morgan fingerprint density at radius 2 is 2.13 bits per heavy atom. The second-order valence-corrected chi connectivity index (χ2v) is 2.96. The first-order chi connectivity index (χ1) is 7.33. The van der Waals surface area contributed by atoms with Crippen LogP contribution in [-0.4, -0.2) is 29.7 Å². The van der Waals surface area contributed by atoms with Gasteiger partial charge in [0.1, 0.15) is 0 Å². The van der Waals surface area contributed by atoms with E-state index in [0.29, 0.717) is 31.4 Å². The lowest BCUT2D eigenvalue weighted by Gasteiger charge is -2.04. The van der Waals surface area contributed by atoms with Crippen molar-refractivity contribution in [2.75, 3.05) is 30.8 Å². The molecule has 0 bridgehead atoms. The molecular formula is C10H16N4O. The Bertz CT molecular complexity index is 286. The number of nitrogens with zero attached hydrogens (tertiary/aromatic N) is 2. The number of aromatic nitrogens is 2. The van der Waals surface area contributed by atoms with Gasteiger partial charge in [0.2, 0.25) is 5.95 Å². The fraction of sp³-hybridized carbons (Fsp3) is 0.400. The van der Waals surface area contributed by atoms with Crippen LogP contribution in [0.15, 0.2) is 25.0 Å². The third-order valence-corrected chi connectivity index (χ3v) is 1.67. The summed E-state index contributed by atoms with van der Waals surface area (Å²) < 4.78 is 5.31. The molecule has 0 radical (unpaired) electrons. The highest BCUT2D eigenvalue weighted by Crippen LogP contribution is 1.99. The van der Waals surface area contributed by atoms with Crippen molar-refractivity contribution in [3.63, 3.8) is 0 Å². The van der Waals surface area contributed by atoms with Crippen LogP contribution < -0.4 is 11.1 Å². The molecule has 0 fully saturated rings. The molecule has 0 aliphatic carbocycles. The van der Waals surface area contributed by atoms with Gasteiger partial charge in [-0.1, -0.05) is 6.08 Å². The average molecular weight is 208 g/mol. The van der Waals surface area contributed by atoms with Gasteiger partial charge < -0.3 is 15.8 Å². The number of rotatable bonds is 7. The summed E-state index contributed by atoms with van der Waals surface area (Å²) in [7, 11) is 0. The van der Waals surface area contributed by atoms with Crippen LogP contribution in [0.5, 0.6) is 0 Å². The highest BCUT2D eigenvalue weighted by atomic mass is 16.5. The molecule has 0 amide bonds. The molecule has 0 saturated heterocycles. The van der Waals surface area contributed by atoms with Gasteiger partial charge in [0.05, 0.1) is 31.3 Å². The van der Waals surface area contributed by atoms with E-state index in [1.807, 2.05) is 6.08 Å². The SMILES string of the molecule is C=CCCOCCNc1ncc(N)cn1. The van der Waals surface area contributed by atoms with Gasteiger partial charge in [-0.2, -0.15) is 0 Å². The minimum absolute atomic E-state index is 0.558. The van der Waals surface area contributed by atoms with E-state index < -0.39 is 0 Å². The zero-order valence-electron chi connectivity index (χ0n) is 8.65. The molecule has 5 heteroatoms. The molecule has 15 heavy (non-hydrogen) atoms. The van der Waals surface area contributed by atoms with Gasteiger partial charge >= 0.3 is 0 Å². The van der Waals surface area contributed by atoms with Crippen molar-refractivity contribution in [1.29, 1.82) is 0 Å². The molecule has 0 atom stereocenters. The highest BCUT2D eigenvalue weighted by molar-refractivity contribution is 5.35. The number of nitrogens with two attached hydrogens (primary N) is 1. The van der Waals surface area contributed by atoms with Gasteiger partial charge in [0, 0.05) is 6.54 Å². The number of nitrogens with one attached hydrogen (secondary N) is 1. The van der Waals surface area contributed by atoms with Crippen LogP contribution in [0, 0.1) is 0 Å². The van der Waals surface area contributed by atoms with Crippen molar-refractivity contribution < 1.29 is 4.74 Å². The molecule has 0 aliphatic rings. The minimum atomic E-state index is 0.558.